The van der Waals surface area contributed by atoms with E-state index in [4.69, 9.17) is 0 Å². The zero-order chi connectivity index (χ0) is 17.6. The molecule has 0 aromatic carbocycles. The number of nitrogens with one attached hydrogen (secondary N) is 2. The fourth-order valence-corrected chi connectivity index (χ4v) is 4.34. The van der Waals surface area contributed by atoms with E-state index < -0.39 is 10.8 Å². The molecule has 1 aromatic rings. The Labute approximate surface area is 175 Å². The maximum atomic E-state index is 12.1. The molecule has 0 radical (unpaired) electrons. The van der Waals surface area contributed by atoms with E-state index in [1.165, 1.54) is 5.00 Å². The SMILES string of the molecule is CN=C(NCCS(=O)C(C)(C)C)NC1CCN(c2cccs2)CC1.I. The van der Waals surface area contributed by atoms with Crippen LogP contribution in [0.2, 0.25) is 0 Å². The van der Waals surface area contributed by atoms with Gasteiger partial charge in [0.2, 0.25) is 0 Å². The quantitative estimate of drug-likeness (QED) is 0.372. The summed E-state index contributed by atoms with van der Waals surface area (Å²) >= 11 is 1.81. The van der Waals surface area contributed by atoms with Gasteiger partial charge in [0.05, 0.1) is 5.00 Å². The second kappa shape index (κ2) is 10.7. The number of hydrogen-bond donors (Lipinski definition) is 2. The van der Waals surface area contributed by atoms with Crippen LogP contribution in [0.25, 0.3) is 0 Å². The van der Waals surface area contributed by atoms with Gasteiger partial charge in [-0.05, 0) is 51.1 Å². The minimum absolute atomic E-state index is 0. The molecule has 0 amide bonds. The molecule has 0 aliphatic carbocycles. The number of rotatable bonds is 5. The molecule has 0 saturated carbocycles. The van der Waals surface area contributed by atoms with Gasteiger partial charge in [0.15, 0.2) is 5.96 Å². The Morgan fingerprint density at radius 3 is 2.60 bits per heavy atom. The summed E-state index contributed by atoms with van der Waals surface area (Å²) in [7, 11) is 0.953. The molecule has 2 rings (SSSR count). The van der Waals surface area contributed by atoms with Gasteiger partial charge in [-0.25, -0.2) is 0 Å². The number of nitrogens with zero attached hydrogens (tertiary/aromatic N) is 2. The molecule has 5 nitrogen and oxygen atoms in total. The molecule has 1 aliphatic rings. The topological polar surface area (TPSA) is 56.7 Å². The van der Waals surface area contributed by atoms with Crippen LogP contribution in [0.5, 0.6) is 0 Å². The van der Waals surface area contributed by atoms with E-state index in [0.717, 1.165) is 31.9 Å². The first-order chi connectivity index (χ1) is 11.4. The molecule has 1 saturated heterocycles. The van der Waals surface area contributed by atoms with Gasteiger partial charge in [-0.3, -0.25) is 9.20 Å². The largest absolute Gasteiger partial charge is 0.363 e. The smallest absolute Gasteiger partial charge is 0.191 e. The normalized spacial score (nSPS) is 17.8. The lowest BCUT2D eigenvalue weighted by atomic mass is 10.1. The summed E-state index contributed by atoms with van der Waals surface area (Å²) in [5, 5.41) is 10.3. The number of guanidine groups is 1. The van der Waals surface area contributed by atoms with Gasteiger partial charge in [0.1, 0.15) is 0 Å². The Morgan fingerprint density at radius 2 is 2.08 bits per heavy atom. The van der Waals surface area contributed by atoms with Crippen molar-refractivity contribution in [3.05, 3.63) is 17.5 Å². The molecule has 25 heavy (non-hydrogen) atoms. The minimum Gasteiger partial charge on any atom is -0.363 e. The van der Waals surface area contributed by atoms with Crippen LogP contribution < -0.4 is 15.5 Å². The third kappa shape index (κ3) is 7.42. The molecule has 2 N–H and O–H groups in total. The van der Waals surface area contributed by atoms with Gasteiger partial charge in [0.25, 0.3) is 0 Å². The molecule has 0 spiro atoms. The molecule has 1 aromatic heterocycles. The Kier molecular flexibility index (Phi) is 9.73. The van der Waals surface area contributed by atoms with Gasteiger partial charge in [0, 0.05) is 54.0 Å². The fraction of sp³-hybridized carbons (Fsp3) is 0.706. The van der Waals surface area contributed by atoms with Crippen molar-refractivity contribution < 1.29 is 4.21 Å². The Hall–Kier alpha value is -0.350. The number of aliphatic imine (C=N–C) groups is 1. The lowest BCUT2D eigenvalue weighted by Gasteiger charge is -2.33. The van der Waals surface area contributed by atoms with Crippen molar-refractivity contribution >= 4 is 57.1 Å². The van der Waals surface area contributed by atoms with Crippen LogP contribution in [0.15, 0.2) is 22.5 Å². The zero-order valence-corrected chi connectivity index (χ0v) is 19.5. The van der Waals surface area contributed by atoms with E-state index in [-0.39, 0.29) is 28.7 Å². The molecule has 1 fully saturated rings. The second-order valence-corrected chi connectivity index (χ2v) is 10.3. The van der Waals surface area contributed by atoms with E-state index in [1.54, 1.807) is 18.4 Å². The highest BCUT2D eigenvalue weighted by atomic mass is 127. The number of hydrogen-bond acceptors (Lipinski definition) is 4. The summed E-state index contributed by atoms with van der Waals surface area (Å²) < 4.78 is 11.9. The minimum atomic E-state index is -0.835. The van der Waals surface area contributed by atoms with Crippen molar-refractivity contribution in [3.63, 3.8) is 0 Å². The van der Waals surface area contributed by atoms with E-state index in [2.05, 4.69) is 38.0 Å². The molecular formula is C17H31IN4OS2. The highest BCUT2D eigenvalue weighted by molar-refractivity contribution is 14.0. The molecule has 8 heteroatoms. The first-order valence-corrected chi connectivity index (χ1v) is 10.7. The third-order valence-corrected chi connectivity index (χ3v) is 7.01. The predicted molar refractivity (Wildman–Crippen MR) is 122 cm³/mol. The van der Waals surface area contributed by atoms with Crippen LogP contribution in [0, 0.1) is 0 Å². The average molecular weight is 499 g/mol. The predicted octanol–water partition coefficient (Wildman–Crippen LogP) is 3.05. The molecular weight excluding hydrogens is 467 g/mol. The van der Waals surface area contributed by atoms with Gasteiger partial charge in [-0.15, -0.1) is 35.3 Å². The second-order valence-electron chi connectivity index (χ2n) is 7.02. The maximum Gasteiger partial charge on any atom is 0.191 e. The summed E-state index contributed by atoms with van der Waals surface area (Å²) in [6, 6.07) is 4.74. The first-order valence-electron chi connectivity index (χ1n) is 8.54. The summed E-state index contributed by atoms with van der Waals surface area (Å²) in [6.45, 7) is 8.86. The fourth-order valence-electron chi connectivity index (χ4n) is 2.65. The highest BCUT2D eigenvalue weighted by Crippen LogP contribution is 2.24. The van der Waals surface area contributed by atoms with Crippen LogP contribution in [0.4, 0.5) is 5.00 Å². The van der Waals surface area contributed by atoms with Crippen LogP contribution in [0.1, 0.15) is 33.6 Å². The van der Waals surface area contributed by atoms with Crippen LogP contribution in [0.3, 0.4) is 0 Å². The number of thiophene rings is 1. The van der Waals surface area contributed by atoms with Crippen molar-refractivity contribution in [1.29, 1.82) is 0 Å². The van der Waals surface area contributed by atoms with Crippen LogP contribution in [-0.4, -0.2) is 53.4 Å². The lowest BCUT2D eigenvalue weighted by Crippen LogP contribution is -2.49. The van der Waals surface area contributed by atoms with Crippen LogP contribution in [-0.2, 0) is 10.8 Å². The number of piperidine rings is 1. The summed E-state index contributed by atoms with van der Waals surface area (Å²) in [5.74, 6) is 1.46. The molecule has 144 valence electrons. The number of halogens is 1. The highest BCUT2D eigenvalue weighted by Gasteiger charge is 2.21. The van der Waals surface area contributed by atoms with Crippen molar-refractivity contribution in [2.45, 2.75) is 44.4 Å². The first kappa shape index (κ1) is 22.7. The van der Waals surface area contributed by atoms with Gasteiger partial charge in [-0.1, -0.05) is 0 Å². The van der Waals surface area contributed by atoms with E-state index >= 15 is 0 Å². The zero-order valence-electron chi connectivity index (χ0n) is 15.6. The monoisotopic (exact) mass is 498 g/mol. The van der Waals surface area contributed by atoms with Gasteiger partial charge in [-0.2, -0.15) is 0 Å². The molecule has 2 heterocycles. The Balaban J connectivity index is 0.00000312. The molecule has 1 atom stereocenters. The Bertz CT molecular complexity index is 549. The average Bonchev–Trinajstić information content (AvgIpc) is 3.08. The third-order valence-electron chi connectivity index (χ3n) is 4.14. The summed E-state index contributed by atoms with van der Waals surface area (Å²) in [5.41, 5.74) is 0. The van der Waals surface area contributed by atoms with Crippen molar-refractivity contribution in [3.8, 4) is 0 Å². The van der Waals surface area contributed by atoms with E-state index in [0.29, 0.717) is 18.3 Å². The van der Waals surface area contributed by atoms with Gasteiger partial charge < -0.3 is 15.5 Å². The van der Waals surface area contributed by atoms with Crippen molar-refractivity contribution in [1.82, 2.24) is 10.6 Å². The van der Waals surface area contributed by atoms with Gasteiger partial charge >= 0.3 is 0 Å². The summed E-state index contributed by atoms with van der Waals surface area (Å²) in [4.78, 5) is 6.74. The molecule has 1 unspecified atom stereocenters. The molecule has 1 aliphatic heterocycles. The maximum absolute atomic E-state index is 12.1. The Morgan fingerprint density at radius 1 is 1.40 bits per heavy atom. The molecule has 0 bridgehead atoms. The van der Waals surface area contributed by atoms with Crippen LogP contribution >= 0.6 is 35.3 Å². The van der Waals surface area contributed by atoms with E-state index in [9.17, 15) is 4.21 Å². The van der Waals surface area contributed by atoms with E-state index in [1.807, 2.05) is 20.8 Å². The lowest BCUT2D eigenvalue weighted by molar-refractivity contribution is 0.463. The van der Waals surface area contributed by atoms with Crippen molar-refractivity contribution in [2.75, 3.05) is 37.3 Å². The standard InChI is InChI=1S/C17H30N4OS2.HI/c1-17(2,3)24(22)13-9-19-16(18-4)20-14-7-10-21(11-8-14)15-6-5-12-23-15;/h5-6,12,14H,7-11,13H2,1-4H3,(H2,18,19,20);1H. The summed E-state index contributed by atoms with van der Waals surface area (Å²) in [6.07, 6.45) is 2.21. The number of anilines is 1. The van der Waals surface area contributed by atoms with Crippen molar-refractivity contribution in [2.24, 2.45) is 4.99 Å².